The van der Waals surface area contributed by atoms with Gasteiger partial charge in [0.05, 0.1) is 15.2 Å². The van der Waals surface area contributed by atoms with E-state index in [1.807, 2.05) is 0 Å². The summed E-state index contributed by atoms with van der Waals surface area (Å²) in [5, 5.41) is 1.14. The Hall–Kier alpha value is -0.930. The van der Waals surface area contributed by atoms with Gasteiger partial charge in [0.15, 0.2) is 0 Å². The molecule has 3 rings (SSSR count). The van der Waals surface area contributed by atoms with Crippen LogP contribution in [0.3, 0.4) is 0 Å². The molecular formula is C12H14N2S. The second kappa shape index (κ2) is 3.03. The van der Waals surface area contributed by atoms with Gasteiger partial charge in [-0.05, 0) is 37.8 Å². The molecule has 0 saturated heterocycles. The third-order valence-electron chi connectivity index (χ3n) is 3.04. The molecule has 0 bridgehead atoms. The van der Waals surface area contributed by atoms with Crippen LogP contribution in [0.15, 0.2) is 18.2 Å². The Morgan fingerprint density at radius 1 is 1.47 bits per heavy atom. The van der Waals surface area contributed by atoms with E-state index in [0.717, 1.165) is 16.9 Å². The van der Waals surface area contributed by atoms with Gasteiger partial charge < -0.3 is 5.73 Å². The summed E-state index contributed by atoms with van der Waals surface area (Å²) in [5.74, 6) is 0. The molecule has 78 valence electrons. The van der Waals surface area contributed by atoms with Gasteiger partial charge in [0.2, 0.25) is 0 Å². The van der Waals surface area contributed by atoms with Crippen molar-refractivity contribution in [3.05, 3.63) is 28.8 Å². The first-order valence-electron chi connectivity index (χ1n) is 5.30. The topological polar surface area (TPSA) is 38.9 Å². The third kappa shape index (κ3) is 1.66. The zero-order chi connectivity index (χ0) is 10.5. The van der Waals surface area contributed by atoms with Crippen LogP contribution in [0.5, 0.6) is 0 Å². The third-order valence-corrected chi connectivity index (χ3v) is 4.10. The van der Waals surface area contributed by atoms with Crippen LogP contribution < -0.4 is 5.73 Å². The Morgan fingerprint density at radius 2 is 2.27 bits per heavy atom. The Labute approximate surface area is 93.1 Å². The number of nitrogens with zero attached hydrogens (tertiary/aromatic N) is 1. The molecule has 0 spiro atoms. The number of hydrogen-bond acceptors (Lipinski definition) is 3. The van der Waals surface area contributed by atoms with Crippen molar-refractivity contribution in [2.24, 2.45) is 5.73 Å². The van der Waals surface area contributed by atoms with Crippen LogP contribution in [-0.4, -0.2) is 10.5 Å². The largest absolute Gasteiger partial charge is 0.325 e. The number of benzene rings is 1. The molecule has 1 heterocycles. The van der Waals surface area contributed by atoms with E-state index in [1.54, 1.807) is 11.3 Å². The molecule has 1 aliphatic rings. The molecule has 0 unspecified atom stereocenters. The molecule has 2 nitrogen and oxygen atoms in total. The van der Waals surface area contributed by atoms with Crippen molar-refractivity contribution in [3.8, 4) is 0 Å². The lowest BCUT2D eigenvalue weighted by Gasteiger charge is -2.08. The van der Waals surface area contributed by atoms with Crippen molar-refractivity contribution in [1.82, 2.24) is 4.98 Å². The summed E-state index contributed by atoms with van der Waals surface area (Å²) in [6, 6.07) is 6.36. The fraction of sp³-hybridized carbons (Fsp3) is 0.417. The molecular weight excluding hydrogens is 204 g/mol. The van der Waals surface area contributed by atoms with Crippen molar-refractivity contribution < 1.29 is 0 Å². The van der Waals surface area contributed by atoms with Crippen molar-refractivity contribution in [1.29, 1.82) is 0 Å². The first-order valence-corrected chi connectivity index (χ1v) is 6.12. The first-order chi connectivity index (χ1) is 7.16. The van der Waals surface area contributed by atoms with Gasteiger partial charge in [0.1, 0.15) is 0 Å². The highest BCUT2D eigenvalue weighted by atomic mass is 32.1. The number of fused-ring (bicyclic) bond motifs is 1. The number of aryl methyl sites for hydroxylation is 1. The van der Waals surface area contributed by atoms with E-state index in [4.69, 9.17) is 5.73 Å². The lowest BCUT2D eigenvalue weighted by molar-refractivity contribution is 0.675. The molecule has 1 aromatic carbocycles. The lowest BCUT2D eigenvalue weighted by atomic mass is 10.0. The van der Waals surface area contributed by atoms with Gasteiger partial charge in [-0.25, -0.2) is 4.98 Å². The van der Waals surface area contributed by atoms with Crippen LogP contribution >= 0.6 is 11.3 Å². The second-order valence-corrected chi connectivity index (χ2v) is 5.74. The average Bonchev–Trinajstić information content (AvgIpc) is 2.76. The summed E-state index contributed by atoms with van der Waals surface area (Å²) in [6.45, 7) is 2.06. The number of nitrogens with two attached hydrogens (primary N) is 1. The van der Waals surface area contributed by atoms with E-state index in [-0.39, 0.29) is 5.54 Å². The van der Waals surface area contributed by atoms with Crippen molar-refractivity contribution >= 4 is 21.6 Å². The molecule has 0 aliphatic heterocycles. The molecule has 1 aliphatic carbocycles. The van der Waals surface area contributed by atoms with Gasteiger partial charge in [-0.15, -0.1) is 11.3 Å². The molecule has 2 aromatic rings. The van der Waals surface area contributed by atoms with Crippen LogP contribution in [0.25, 0.3) is 10.2 Å². The van der Waals surface area contributed by atoms with Gasteiger partial charge in [-0.2, -0.15) is 0 Å². The fourth-order valence-electron chi connectivity index (χ4n) is 1.97. The van der Waals surface area contributed by atoms with E-state index in [1.165, 1.54) is 23.1 Å². The van der Waals surface area contributed by atoms with Crippen molar-refractivity contribution in [3.63, 3.8) is 0 Å². The Balaban J connectivity index is 2.08. The predicted octanol–water partition coefficient (Wildman–Crippen LogP) is 2.64. The number of aromatic nitrogens is 1. The molecule has 0 atom stereocenters. The highest BCUT2D eigenvalue weighted by molar-refractivity contribution is 7.18. The normalized spacial score (nSPS) is 18.3. The molecule has 2 N–H and O–H groups in total. The number of hydrogen-bond donors (Lipinski definition) is 1. The summed E-state index contributed by atoms with van der Waals surface area (Å²) in [5.41, 5.74) is 8.75. The predicted molar refractivity (Wildman–Crippen MR) is 64.2 cm³/mol. The van der Waals surface area contributed by atoms with Gasteiger partial charge in [-0.3, -0.25) is 0 Å². The fourth-order valence-corrected chi connectivity index (χ4v) is 2.90. The second-order valence-electron chi connectivity index (χ2n) is 4.54. The Kier molecular flexibility index (Phi) is 1.88. The molecule has 0 radical (unpaired) electrons. The maximum atomic E-state index is 6.16. The van der Waals surface area contributed by atoms with E-state index in [2.05, 4.69) is 30.1 Å². The summed E-state index contributed by atoms with van der Waals surface area (Å²) in [7, 11) is 0. The minimum absolute atomic E-state index is 0.0895. The van der Waals surface area contributed by atoms with Crippen LogP contribution in [0.4, 0.5) is 0 Å². The van der Waals surface area contributed by atoms with Crippen LogP contribution in [0, 0.1) is 6.92 Å². The van der Waals surface area contributed by atoms with Crippen molar-refractivity contribution in [2.75, 3.05) is 0 Å². The summed E-state index contributed by atoms with van der Waals surface area (Å²) in [6.07, 6.45) is 3.34. The van der Waals surface area contributed by atoms with Crippen LogP contribution in [0.2, 0.25) is 0 Å². The zero-order valence-corrected chi connectivity index (χ0v) is 9.60. The molecule has 1 saturated carbocycles. The molecule has 1 fully saturated rings. The van der Waals surface area contributed by atoms with Gasteiger partial charge in [0, 0.05) is 5.54 Å². The zero-order valence-electron chi connectivity index (χ0n) is 8.79. The minimum Gasteiger partial charge on any atom is -0.325 e. The smallest absolute Gasteiger partial charge is 0.0907 e. The quantitative estimate of drug-likeness (QED) is 0.841. The molecule has 0 amide bonds. The maximum Gasteiger partial charge on any atom is 0.0907 e. The number of rotatable bonds is 2. The highest BCUT2D eigenvalue weighted by Crippen LogP contribution is 2.38. The van der Waals surface area contributed by atoms with Gasteiger partial charge in [-0.1, -0.05) is 12.1 Å². The van der Waals surface area contributed by atoms with Gasteiger partial charge in [0.25, 0.3) is 0 Å². The molecule has 15 heavy (non-hydrogen) atoms. The van der Waals surface area contributed by atoms with E-state index in [0.29, 0.717) is 0 Å². The Bertz CT molecular complexity index is 511. The maximum absolute atomic E-state index is 6.16. The number of thiazole rings is 1. The SMILES string of the molecule is Cc1nc2cccc(CC3(N)CC3)c2s1. The minimum atomic E-state index is 0.0895. The van der Waals surface area contributed by atoms with Crippen LogP contribution in [0.1, 0.15) is 23.4 Å². The van der Waals surface area contributed by atoms with E-state index < -0.39 is 0 Å². The van der Waals surface area contributed by atoms with Crippen molar-refractivity contribution in [2.45, 2.75) is 31.7 Å². The molecule has 3 heteroatoms. The monoisotopic (exact) mass is 218 g/mol. The summed E-state index contributed by atoms with van der Waals surface area (Å²) >= 11 is 1.78. The Morgan fingerprint density at radius 3 is 3.00 bits per heavy atom. The standard InChI is InChI=1S/C12H14N2S/c1-8-14-10-4-2-3-9(11(10)15-8)7-12(13)5-6-12/h2-4H,5-7,13H2,1H3. The first kappa shape index (κ1) is 9.31. The summed E-state index contributed by atoms with van der Waals surface area (Å²) in [4.78, 5) is 4.50. The summed E-state index contributed by atoms with van der Waals surface area (Å²) < 4.78 is 1.33. The van der Waals surface area contributed by atoms with E-state index in [9.17, 15) is 0 Å². The molecule has 1 aromatic heterocycles. The van der Waals surface area contributed by atoms with Gasteiger partial charge >= 0.3 is 0 Å². The van der Waals surface area contributed by atoms with Crippen LogP contribution in [-0.2, 0) is 6.42 Å². The average molecular weight is 218 g/mol. The van der Waals surface area contributed by atoms with E-state index >= 15 is 0 Å². The lowest BCUT2D eigenvalue weighted by Crippen LogP contribution is -2.24. The highest BCUT2D eigenvalue weighted by Gasteiger charge is 2.38.